The summed E-state index contributed by atoms with van der Waals surface area (Å²) in [6, 6.07) is 16.2. The van der Waals surface area contributed by atoms with Crippen molar-refractivity contribution in [2.45, 2.75) is 32.1 Å². The molecule has 0 amide bonds. The van der Waals surface area contributed by atoms with E-state index in [1.54, 1.807) is 0 Å². The van der Waals surface area contributed by atoms with E-state index in [0.717, 1.165) is 29.8 Å². The molecule has 0 aliphatic carbocycles. The normalized spacial score (nSPS) is 21.4. The zero-order chi connectivity index (χ0) is 14.7. The molecular weight excluding hydrogens is 262 g/mol. The number of rotatable bonds is 3. The molecule has 21 heavy (non-hydrogen) atoms. The number of ether oxygens (including phenoxy) is 1. The molecule has 3 heteroatoms. The molecule has 0 fully saturated rings. The monoisotopic (exact) mass is 283 g/mol. The van der Waals surface area contributed by atoms with Crippen LogP contribution in [0, 0.1) is 0 Å². The highest BCUT2D eigenvalue weighted by atomic mass is 16.5. The molecule has 3 rings (SSSR count). The molecule has 1 heterocycles. The molecule has 2 N–H and O–H groups in total. The van der Waals surface area contributed by atoms with Gasteiger partial charge in [-0.25, -0.2) is 0 Å². The number of aliphatic hydroxyl groups excluding tert-OH is 1. The molecule has 2 aromatic rings. The third-order valence-electron chi connectivity index (χ3n) is 4.02. The number of hydrogen-bond donors (Lipinski definition) is 2. The van der Waals surface area contributed by atoms with Crippen molar-refractivity contribution in [3.63, 3.8) is 0 Å². The Kier molecular flexibility index (Phi) is 4.23. The predicted molar refractivity (Wildman–Crippen MR) is 83.3 cm³/mol. The molecule has 1 aliphatic heterocycles. The standard InChI is InChI=1S/C18H21NO2/c1-13-18(20)17-8-7-16(11-15(17)9-10-19-13)21-12-14-5-3-2-4-6-14/h2-8,11,13,18-20H,9-10,12H2,1H3/t13?,18-/m0/s1. The van der Waals surface area contributed by atoms with Crippen molar-refractivity contribution in [2.24, 2.45) is 0 Å². The molecule has 0 saturated carbocycles. The molecule has 2 aromatic carbocycles. The maximum atomic E-state index is 10.3. The summed E-state index contributed by atoms with van der Waals surface area (Å²) in [4.78, 5) is 0. The van der Waals surface area contributed by atoms with Crippen LogP contribution in [0.1, 0.15) is 29.7 Å². The van der Waals surface area contributed by atoms with Gasteiger partial charge < -0.3 is 15.2 Å². The quantitative estimate of drug-likeness (QED) is 0.910. The van der Waals surface area contributed by atoms with Gasteiger partial charge in [0.25, 0.3) is 0 Å². The van der Waals surface area contributed by atoms with Gasteiger partial charge in [0.05, 0.1) is 6.10 Å². The van der Waals surface area contributed by atoms with Crippen molar-refractivity contribution in [2.75, 3.05) is 6.54 Å². The minimum Gasteiger partial charge on any atom is -0.489 e. The summed E-state index contributed by atoms with van der Waals surface area (Å²) in [5.74, 6) is 0.861. The smallest absolute Gasteiger partial charge is 0.120 e. The Labute approximate surface area is 125 Å². The van der Waals surface area contributed by atoms with Crippen LogP contribution in [0.3, 0.4) is 0 Å². The van der Waals surface area contributed by atoms with Crippen molar-refractivity contribution >= 4 is 0 Å². The lowest BCUT2D eigenvalue weighted by Crippen LogP contribution is -2.30. The molecule has 2 atom stereocenters. The van der Waals surface area contributed by atoms with Crippen molar-refractivity contribution < 1.29 is 9.84 Å². The molecule has 1 unspecified atom stereocenters. The Morgan fingerprint density at radius 2 is 2.00 bits per heavy atom. The lowest BCUT2D eigenvalue weighted by molar-refractivity contribution is 0.140. The van der Waals surface area contributed by atoms with Gasteiger partial charge in [-0.3, -0.25) is 0 Å². The third-order valence-corrected chi connectivity index (χ3v) is 4.02. The molecule has 0 bridgehead atoms. The van der Waals surface area contributed by atoms with Crippen LogP contribution < -0.4 is 10.1 Å². The van der Waals surface area contributed by atoms with Gasteiger partial charge >= 0.3 is 0 Å². The summed E-state index contributed by atoms with van der Waals surface area (Å²) in [6.45, 7) is 3.46. The van der Waals surface area contributed by atoms with Crippen LogP contribution in [-0.2, 0) is 13.0 Å². The van der Waals surface area contributed by atoms with Crippen LogP contribution in [0.25, 0.3) is 0 Å². The van der Waals surface area contributed by atoms with E-state index in [1.807, 2.05) is 37.3 Å². The van der Waals surface area contributed by atoms with Gasteiger partial charge in [-0.1, -0.05) is 36.4 Å². The van der Waals surface area contributed by atoms with Gasteiger partial charge in [-0.05, 0) is 48.7 Å². The number of aliphatic hydroxyl groups is 1. The van der Waals surface area contributed by atoms with Crippen molar-refractivity contribution in [1.82, 2.24) is 5.32 Å². The van der Waals surface area contributed by atoms with E-state index in [-0.39, 0.29) is 6.04 Å². The number of hydrogen-bond acceptors (Lipinski definition) is 3. The largest absolute Gasteiger partial charge is 0.489 e. The van der Waals surface area contributed by atoms with E-state index in [9.17, 15) is 5.11 Å². The topological polar surface area (TPSA) is 41.5 Å². The van der Waals surface area contributed by atoms with Gasteiger partial charge in [0, 0.05) is 6.04 Å². The van der Waals surface area contributed by atoms with Gasteiger partial charge in [0.2, 0.25) is 0 Å². The SMILES string of the molecule is CC1NCCc2cc(OCc3ccccc3)ccc2[C@H]1O. The highest BCUT2D eigenvalue weighted by molar-refractivity contribution is 5.38. The van der Waals surface area contributed by atoms with Crippen LogP contribution in [0.5, 0.6) is 5.75 Å². The van der Waals surface area contributed by atoms with Crippen molar-refractivity contribution in [3.05, 3.63) is 65.2 Å². The Bertz CT molecular complexity index is 597. The predicted octanol–water partition coefficient (Wildman–Crippen LogP) is 2.83. The first-order valence-corrected chi connectivity index (χ1v) is 7.45. The van der Waals surface area contributed by atoms with Crippen LogP contribution in [0.15, 0.2) is 48.5 Å². The maximum Gasteiger partial charge on any atom is 0.120 e. The van der Waals surface area contributed by atoms with Gasteiger partial charge in [-0.2, -0.15) is 0 Å². The Hall–Kier alpha value is -1.84. The van der Waals surface area contributed by atoms with E-state index in [2.05, 4.69) is 23.5 Å². The Balaban J connectivity index is 1.75. The van der Waals surface area contributed by atoms with E-state index in [1.165, 1.54) is 5.56 Å². The molecule has 110 valence electrons. The zero-order valence-corrected chi connectivity index (χ0v) is 12.3. The first kappa shape index (κ1) is 14.1. The summed E-state index contributed by atoms with van der Waals surface area (Å²) >= 11 is 0. The third kappa shape index (κ3) is 3.26. The maximum absolute atomic E-state index is 10.3. The van der Waals surface area contributed by atoms with E-state index in [0.29, 0.717) is 6.61 Å². The van der Waals surface area contributed by atoms with Gasteiger partial charge in [0.15, 0.2) is 0 Å². The number of fused-ring (bicyclic) bond motifs is 1. The van der Waals surface area contributed by atoms with Crippen LogP contribution >= 0.6 is 0 Å². The average Bonchev–Trinajstić information content (AvgIpc) is 2.66. The molecule has 1 aliphatic rings. The number of benzene rings is 2. The highest BCUT2D eigenvalue weighted by Crippen LogP contribution is 2.28. The van der Waals surface area contributed by atoms with E-state index >= 15 is 0 Å². The first-order valence-electron chi connectivity index (χ1n) is 7.45. The fourth-order valence-electron chi connectivity index (χ4n) is 2.73. The van der Waals surface area contributed by atoms with Crippen molar-refractivity contribution in [3.8, 4) is 5.75 Å². The van der Waals surface area contributed by atoms with Crippen molar-refractivity contribution in [1.29, 1.82) is 0 Å². The fraction of sp³-hybridized carbons (Fsp3) is 0.333. The summed E-state index contributed by atoms with van der Waals surface area (Å²) < 4.78 is 5.86. The van der Waals surface area contributed by atoms with Gasteiger partial charge in [0.1, 0.15) is 12.4 Å². The van der Waals surface area contributed by atoms with E-state index in [4.69, 9.17) is 4.74 Å². The average molecular weight is 283 g/mol. The summed E-state index contributed by atoms with van der Waals surface area (Å²) in [5.41, 5.74) is 3.34. The fourth-order valence-corrected chi connectivity index (χ4v) is 2.73. The molecule has 0 radical (unpaired) electrons. The summed E-state index contributed by atoms with van der Waals surface area (Å²) in [7, 11) is 0. The molecular formula is C18H21NO2. The molecule has 0 aromatic heterocycles. The summed E-state index contributed by atoms with van der Waals surface area (Å²) in [6.07, 6.45) is 0.463. The minimum atomic E-state index is -0.453. The second-order valence-corrected chi connectivity index (χ2v) is 5.57. The Morgan fingerprint density at radius 3 is 2.81 bits per heavy atom. The lowest BCUT2D eigenvalue weighted by atomic mass is 9.98. The lowest BCUT2D eigenvalue weighted by Gasteiger charge is -2.18. The molecule has 0 spiro atoms. The van der Waals surface area contributed by atoms with Crippen LogP contribution in [-0.4, -0.2) is 17.7 Å². The van der Waals surface area contributed by atoms with E-state index < -0.39 is 6.10 Å². The first-order chi connectivity index (χ1) is 10.2. The molecule has 3 nitrogen and oxygen atoms in total. The van der Waals surface area contributed by atoms with Crippen LogP contribution in [0.2, 0.25) is 0 Å². The molecule has 0 saturated heterocycles. The second-order valence-electron chi connectivity index (χ2n) is 5.57. The van der Waals surface area contributed by atoms with Gasteiger partial charge in [-0.15, -0.1) is 0 Å². The zero-order valence-electron chi connectivity index (χ0n) is 12.3. The Morgan fingerprint density at radius 1 is 1.19 bits per heavy atom. The summed E-state index contributed by atoms with van der Waals surface area (Å²) in [5, 5.41) is 13.6. The number of nitrogens with one attached hydrogen (secondary N) is 1. The minimum absolute atomic E-state index is 0.0855. The second kappa shape index (κ2) is 6.29. The highest BCUT2D eigenvalue weighted by Gasteiger charge is 2.22. The van der Waals surface area contributed by atoms with Crippen LogP contribution in [0.4, 0.5) is 0 Å².